The first-order valence-electron chi connectivity index (χ1n) is 8.68. The quantitative estimate of drug-likeness (QED) is 0.722. The van der Waals surface area contributed by atoms with Gasteiger partial charge in [-0.1, -0.05) is 42.5 Å². The Kier molecular flexibility index (Phi) is 7.48. The normalized spacial score (nSPS) is 15.4. The van der Waals surface area contributed by atoms with E-state index in [1.807, 2.05) is 24.3 Å². The van der Waals surface area contributed by atoms with Crippen LogP contribution in [-0.2, 0) is 6.42 Å². The van der Waals surface area contributed by atoms with Gasteiger partial charge in [-0.05, 0) is 56.0 Å². The molecule has 3 rings (SSSR count). The van der Waals surface area contributed by atoms with Crippen molar-refractivity contribution in [1.82, 2.24) is 4.90 Å². The second-order valence-corrected chi connectivity index (χ2v) is 6.56. The van der Waals surface area contributed by atoms with Gasteiger partial charge in [-0.25, -0.2) is 0 Å². The minimum absolute atomic E-state index is 0. The molecule has 1 fully saturated rings. The maximum absolute atomic E-state index is 12.5. The average molecular weight is 360 g/mol. The number of hydrogen-bond donors (Lipinski definition) is 0. The lowest BCUT2D eigenvalue weighted by Gasteiger charge is -2.31. The molecular weight excluding hydrogens is 334 g/mol. The molecule has 25 heavy (non-hydrogen) atoms. The summed E-state index contributed by atoms with van der Waals surface area (Å²) in [5.74, 6) is 1.65. The van der Waals surface area contributed by atoms with Crippen molar-refractivity contribution in [2.75, 3.05) is 26.7 Å². The van der Waals surface area contributed by atoms with Gasteiger partial charge in [0.15, 0.2) is 5.78 Å². The molecule has 2 aromatic carbocycles. The Morgan fingerprint density at radius 1 is 1.08 bits per heavy atom. The maximum atomic E-state index is 12.5. The standard InChI is InChI=1S/C21H25NO2.ClH/c1-24-20-9-5-8-19(15-20)21(23)16-22-12-10-18(11-13-22)14-17-6-3-2-4-7-17;/h2-9,15,18H,10-14,16H2,1H3;1H. The summed E-state index contributed by atoms with van der Waals surface area (Å²) in [6.45, 7) is 2.52. The van der Waals surface area contributed by atoms with Crippen LogP contribution >= 0.6 is 12.4 Å². The molecule has 0 bridgehead atoms. The number of hydrogen-bond acceptors (Lipinski definition) is 3. The highest BCUT2D eigenvalue weighted by Crippen LogP contribution is 2.22. The number of likely N-dealkylation sites (tertiary alicyclic amines) is 1. The number of rotatable bonds is 6. The van der Waals surface area contributed by atoms with Crippen molar-refractivity contribution >= 4 is 18.2 Å². The van der Waals surface area contributed by atoms with Gasteiger partial charge in [0.25, 0.3) is 0 Å². The number of methoxy groups -OCH3 is 1. The van der Waals surface area contributed by atoms with Gasteiger partial charge in [0.1, 0.15) is 5.75 Å². The molecule has 2 aromatic rings. The van der Waals surface area contributed by atoms with Gasteiger partial charge in [0, 0.05) is 5.56 Å². The molecule has 1 heterocycles. The van der Waals surface area contributed by atoms with Gasteiger partial charge in [0.05, 0.1) is 13.7 Å². The first-order chi connectivity index (χ1) is 11.7. The largest absolute Gasteiger partial charge is 0.497 e. The predicted octanol–water partition coefficient (Wildman–Crippen LogP) is 4.25. The number of nitrogens with zero attached hydrogens (tertiary/aromatic N) is 1. The SMILES string of the molecule is COc1cccc(C(=O)CN2CCC(Cc3ccccc3)CC2)c1.Cl. The van der Waals surface area contributed by atoms with Crippen LogP contribution in [0.15, 0.2) is 54.6 Å². The van der Waals surface area contributed by atoms with Gasteiger partial charge in [-0.2, -0.15) is 0 Å². The van der Waals surface area contributed by atoms with Gasteiger partial charge in [0.2, 0.25) is 0 Å². The van der Waals surface area contributed by atoms with Crippen LogP contribution in [0.5, 0.6) is 5.75 Å². The van der Waals surface area contributed by atoms with E-state index in [9.17, 15) is 4.79 Å². The lowest BCUT2D eigenvalue weighted by molar-refractivity contribution is 0.0895. The molecule has 1 saturated heterocycles. The number of halogens is 1. The molecule has 134 valence electrons. The predicted molar refractivity (Wildman–Crippen MR) is 104 cm³/mol. The molecule has 0 N–H and O–H groups in total. The molecule has 3 nitrogen and oxygen atoms in total. The van der Waals surface area contributed by atoms with Crippen molar-refractivity contribution in [3.05, 3.63) is 65.7 Å². The topological polar surface area (TPSA) is 29.5 Å². The van der Waals surface area contributed by atoms with E-state index in [0.717, 1.165) is 36.7 Å². The van der Waals surface area contributed by atoms with Crippen molar-refractivity contribution in [3.63, 3.8) is 0 Å². The molecule has 0 amide bonds. The van der Waals surface area contributed by atoms with Crippen molar-refractivity contribution in [1.29, 1.82) is 0 Å². The third kappa shape index (κ3) is 5.58. The smallest absolute Gasteiger partial charge is 0.176 e. The minimum Gasteiger partial charge on any atom is -0.497 e. The van der Waals surface area contributed by atoms with Crippen LogP contribution in [0.25, 0.3) is 0 Å². The minimum atomic E-state index is 0. The van der Waals surface area contributed by atoms with E-state index in [1.165, 1.54) is 18.4 Å². The van der Waals surface area contributed by atoms with Crippen molar-refractivity contribution < 1.29 is 9.53 Å². The highest BCUT2D eigenvalue weighted by atomic mass is 35.5. The zero-order chi connectivity index (χ0) is 16.8. The summed E-state index contributed by atoms with van der Waals surface area (Å²) in [6.07, 6.45) is 3.49. The van der Waals surface area contributed by atoms with E-state index in [1.54, 1.807) is 7.11 Å². The molecule has 0 saturated carbocycles. The van der Waals surface area contributed by atoms with Crippen molar-refractivity contribution in [3.8, 4) is 5.75 Å². The summed E-state index contributed by atoms with van der Waals surface area (Å²) in [6, 6.07) is 18.1. The van der Waals surface area contributed by atoms with Crippen LogP contribution in [0.1, 0.15) is 28.8 Å². The fourth-order valence-corrected chi connectivity index (χ4v) is 3.39. The van der Waals surface area contributed by atoms with E-state index >= 15 is 0 Å². The summed E-state index contributed by atoms with van der Waals surface area (Å²) in [7, 11) is 1.63. The molecule has 0 unspecified atom stereocenters. The Balaban J connectivity index is 0.00000225. The highest BCUT2D eigenvalue weighted by molar-refractivity contribution is 5.97. The fourth-order valence-electron chi connectivity index (χ4n) is 3.39. The molecule has 0 aromatic heterocycles. The number of piperidine rings is 1. The number of ketones is 1. The monoisotopic (exact) mass is 359 g/mol. The molecular formula is C21H26ClNO2. The number of benzene rings is 2. The molecule has 1 aliphatic heterocycles. The third-order valence-corrected chi connectivity index (χ3v) is 4.83. The van der Waals surface area contributed by atoms with E-state index in [-0.39, 0.29) is 18.2 Å². The van der Waals surface area contributed by atoms with E-state index in [4.69, 9.17) is 4.74 Å². The summed E-state index contributed by atoms with van der Waals surface area (Å²) in [5, 5.41) is 0. The molecule has 0 radical (unpaired) electrons. The van der Waals surface area contributed by atoms with Crippen molar-refractivity contribution in [2.24, 2.45) is 5.92 Å². The Bertz CT molecular complexity index is 667. The zero-order valence-electron chi connectivity index (χ0n) is 14.7. The van der Waals surface area contributed by atoms with Crippen LogP contribution in [0.2, 0.25) is 0 Å². The van der Waals surface area contributed by atoms with Crippen molar-refractivity contribution in [2.45, 2.75) is 19.3 Å². The number of carbonyl (C=O) groups excluding carboxylic acids is 1. The fraction of sp³-hybridized carbons (Fsp3) is 0.381. The first-order valence-corrected chi connectivity index (χ1v) is 8.68. The number of ether oxygens (including phenoxy) is 1. The first kappa shape index (κ1) is 19.5. The summed E-state index contributed by atoms with van der Waals surface area (Å²) in [4.78, 5) is 14.7. The molecule has 1 aliphatic rings. The lowest BCUT2D eigenvalue weighted by Crippen LogP contribution is -2.37. The summed E-state index contributed by atoms with van der Waals surface area (Å²) in [5.41, 5.74) is 2.16. The van der Waals surface area contributed by atoms with Crippen LogP contribution in [0.3, 0.4) is 0 Å². The second kappa shape index (κ2) is 9.59. The Morgan fingerprint density at radius 2 is 1.80 bits per heavy atom. The Morgan fingerprint density at radius 3 is 2.48 bits per heavy atom. The molecule has 4 heteroatoms. The van der Waals surface area contributed by atoms with Gasteiger partial charge in [-0.3, -0.25) is 9.69 Å². The summed E-state index contributed by atoms with van der Waals surface area (Å²) >= 11 is 0. The lowest BCUT2D eigenvalue weighted by atomic mass is 9.90. The maximum Gasteiger partial charge on any atom is 0.176 e. The third-order valence-electron chi connectivity index (χ3n) is 4.83. The van der Waals surface area contributed by atoms with Crippen LogP contribution < -0.4 is 4.74 Å². The summed E-state index contributed by atoms with van der Waals surface area (Å²) < 4.78 is 5.20. The molecule has 0 aliphatic carbocycles. The Hall–Kier alpha value is -1.84. The average Bonchev–Trinajstić information content (AvgIpc) is 2.64. The molecule has 0 atom stereocenters. The van der Waals surface area contributed by atoms with E-state index < -0.39 is 0 Å². The van der Waals surface area contributed by atoms with E-state index in [0.29, 0.717) is 6.54 Å². The highest BCUT2D eigenvalue weighted by Gasteiger charge is 2.21. The van der Waals surface area contributed by atoms with Gasteiger partial charge in [-0.15, -0.1) is 12.4 Å². The number of carbonyl (C=O) groups is 1. The molecule has 0 spiro atoms. The van der Waals surface area contributed by atoms with Gasteiger partial charge < -0.3 is 4.74 Å². The van der Waals surface area contributed by atoms with E-state index in [2.05, 4.69) is 35.2 Å². The second-order valence-electron chi connectivity index (χ2n) is 6.56. The van der Waals surface area contributed by atoms with Crippen LogP contribution in [0, 0.1) is 5.92 Å². The zero-order valence-corrected chi connectivity index (χ0v) is 15.5. The van der Waals surface area contributed by atoms with Crippen LogP contribution in [0.4, 0.5) is 0 Å². The van der Waals surface area contributed by atoms with Gasteiger partial charge >= 0.3 is 0 Å². The Labute approximate surface area is 156 Å². The number of Topliss-reactive ketones (excluding diaryl/α,β-unsaturated/α-hetero) is 1. The van der Waals surface area contributed by atoms with Crippen LogP contribution in [-0.4, -0.2) is 37.4 Å².